The quantitative estimate of drug-likeness (QED) is 0.838. The van der Waals surface area contributed by atoms with Crippen molar-refractivity contribution in [2.75, 3.05) is 11.9 Å². The number of halogens is 1. The summed E-state index contributed by atoms with van der Waals surface area (Å²) in [5.41, 5.74) is 4.16. The zero-order chi connectivity index (χ0) is 14.8. The SMILES string of the molecule is CC(C)C1CCNc2c(F)cc(Cc3ccccc3)cc21. The van der Waals surface area contributed by atoms with Crippen LogP contribution in [0.15, 0.2) is 42.5 Å². The van der Waals surface area contributed by atoms with Crippen LogP contribution >= 0.6 is 0 Å². The first kappa shape index (κ1) is 14.1. The normalized spacial score (nSPS) is 17.4. The van der Waals surface area contributed by atoms with Gasteiger partial charge in [-0.3, -0.25) is 0 Å². The first-order chi connectivity index (χ1) is 10.1. The maximum absolute atomic E-state index is 14.4. The second-order valence-corrected chi connectivity index (χ2v) is 6.27. The molecule has 21 heavy (non-hydrogen) atoms. The highest BCUT2D eigenvalue weighted by Crippen LogP contribution is 2.38. The van der Waals surface area contributed by atoms with Gasteiger partial charge in [-0.05, 0) is 47.4 Å². The van der Waals surface area contributed by atoms with Gasteiger partial charge in [-0.1, -0.05) is 50.2 Å². The average Bonchev–Trinajstić information content (AvgIpc) is 2.47. The number of nitrogens with one attached hydrogen (secondary N) is 1. The van der Waals surface area contributed by atoms with Gasteiger partial charge < -0.3 is 5.32 Å². The molecule has 1 unspecified atom stereocenters. The fraction of sp³-hybridized carbons (Fsp3) is 0.368. The molecule has 0 bridgehead atoms. The number of rotatable bonds is 3. The van der Waals surface area contributed by atoms with Crippen LogP contribution in [0.25, 0.3) is 0 Å². The lowest BCUT2D eigenvalue weighted by atomic mass is 9.81. The molecule has 0 fully saturated rings. The topological polar surface area (TPSA) is 12.0 Å². The number of hydrogen-bond donors (Lipinski definition) is 1. The van der Waals surface area contributed by atoms with E-state index in [1.807, 2.05) is 18.2 Å². The van der Waals surface area contributed by atoms with Crippen LogP contribution in [0.4, 0.5) is 10.1 Å². The summed E-state index contributed by atoms with van der Waals surface area (Å²) in [4.78, 5) is 0. The molecular formula is C19H22FN. The molecule has 0 saturated heterocycles. The largest absolute Gasteiger partial charge is 0.382 e. The minimum atomic E-state index is -0.108. The molecule has 1 N–H and O–H groups in total. The predicted octanol–water partition coefficient (Wildman–Crippen LogP) is 4.97. The van der Waals surface area contributed by atoms with Gasteiger partial charge in [-0.2, -0.15) is 0 Å². The highest BCUT2D eigenvalue weighted by atomic mass is 19.1. The summed E-state index contributed by atoms with van der Waals surface area (Å²) in [5.74, 6) is 0.882. The van der Waals surface area contributed by atoms with E-state index in [0.717, 1.165) is 36.2 Å². The zero-order valence-electron chi connectivity index (χ0n) is 12.7. The Labute approximate surface area is 126 Å². The summed E-state index contributed by atoms with van der Waals surface area (Å²) in [6.45, 7) is 5.31. The zero-order valence-corrected chi connectivity index (χ0v) is 12.7. The van der Waals surface area contributed by atoms with Crippen molar-refractivity contribution in [1.82, 2.24) is 0 Å². The lowest BCUT2D eigenvalue weighted by Gasteiger charge is -2.30. The van der Waals surface area contributed by atoms with Crippen LogP contribution < -0.4 is 5.32 Å². The van der Waals surface area contributed by atoms with Crippen molar-refractivity contribution in [2.24, 2.45) is 5.92 Å². The summed E-state index contributed by atoms with van der Waals surface area (Å²) in [6, 6.07) is 14.1. The van der Waals surface area contributed by atoms with Crippen LogP contribution in [0.5, 0.6) is 0 Å². The fourth-order valence-electron chi connectivity index (χ4n) is 3.30. The molecule has 0 amide bonds. The number of hydrogen-bond acceptors (Lipinski definition) is 1. The molecular weight excluding hydrogens is 261 g/mol. The molecule has 0 spiro atoms. The molecule has 1 nitrogen and oxygen atoms in total. The van der Waals surface area contributed by atoms with Crippen molar-refractivity contribution >= 4 is 5.69 Å². The van der Waals surface area contributed by atoms with E-state index in [1.165, 1.54) is 5.56 Å². The van der Waals surface area contributed by atoms with Gasteiger partial charge in [-0.25, -0.2) is 4.39 Å². The van der Waals surface area contributed by atoms with Gasteiger partial charge in [-0.15, -0.1) is 0 Å². The van der Waals surface area contributed by atoms with Crippen molar-refractivity contribution in [3.05, 3.63) is 65.0 Å². The Kier molecular flexibility index (Phi) is 3.96. The molecule has 1 aliphatic heterocycles. The Hall–Kier alpha value is -1.83. The molecule has 2 aromatic carbocycles. The highest BCUT2D eigenvalue weighted by molar-refractivity contribution is 5.58. The second kappa shape index (κ2) is 5.88. The Bertz CT molecular complexity index is 619. The summed E-state index contributed by atoms with van der Waals surface area (Å²) in [7, 11) is 0. The molecule has 1 aliphatic rings. The Morgan fingerprint density at radius 1 is 1.14 bits per heavy atom. The van der Waals surface area contributed by atoms with E-state index >= 15 is 0 Å². The third kappa shape index (κ3) is 2.94. The number of fused-ring (bicyclic) bond motifs is 1. The van der Waals surface area contributed by atoms with Crippen LogP contribution in [0.1, 0.15) is 42.9 Å². The Morgan fingerprint density at radius 3 is 2.62 bits per heavy atom. The van der Waals surface area contributed by atoms with Gasteiger partial charge in [0.25, 0.3) is 0 Å². The number of anilines is 1. The third-order valence-electron chi connectivity index (χ3n) is 4.39. The summed E-state index contributed by atoms with van der Waals surface area (Å²) in [5, 5.41) is 3.23. The van der Waals surface area contributed by atoms with E-state index in [0.29, 0.717) is 11.8 Å². The lowest BCUT2D eigenvalue weighted by molar-refractivity contribution is 0.464. The molecule has 3 rings (SSSR count). The van der Waals surface area contributed by atoms with E-state index in [-0.39, 0.29) is 5.82 Å². The lowest BCUT2D eigenvalue weighted by Crippen LogP contribution is -2.21. The molecule has 110 valence electrons. The van der Waals surface area contributed by atoms with Gasteiger partial charge in [0, 0.05) is 6.54 Å². The average molecular weight is 283 g/mol. The molecule has 2 heteroatoms. The van der Waals surface area contributed by atoms with E-state index in [4.69, 9.17) is 0 Å². The first-order valence-corrected chi connectivity index (χ1v) is 7.75. The van der Waals surface area contributed by atoms with Crippen molar-refractivity contribution in [2.45, 2.75) is 32.6 Å². The predicted molar refractivity (Wildman–Crippen MR) is 86.3 cm³/mol. The minimum Gasteiger partial charge on any atom is -0.382 e. The van der Waals surface area contributed by atoms with Crippen LogP contribution in [0.2, 0.25) is 0 Å². The summed E-state index contributed by atoms with van der Waals surface area (Å²) in [6.07, 6.45) is 1.87. The van der Waals surface area contributed by atoms with E-state index < -0.39 is 0 Å². The van der Waals surface area contributed by atoms with Crippen LogP contribution in [-0.2, 0) is 6.42 Å². The highest BCUT2D eigenvalue weighted by Gasteiger charge is 2.25. The minimum absolute atomic E-state index is 0.108. The number of benzene rings is 2. The Balaban J connectivity index is 1.97. The van der Waals surface area contributed by atoms with E-state index in [1.54, 1.807) is 6.07 Å². The maximum Gasteiger partial charge on any atom is 0.146 e. The van der Waals surface area contributed by atoms with Crippen LogP contribution in [0.3, 0.4) is 0 Å². The first-order valence-electron chi connectivity index (χ1n) is 7.75. The molecule has 2 aromatic rings. The van der Waals surface area contributed by atoms with E-state index in [2.05, 4.69) is 37.4 Å². The standard InChI is InChI=1S/C19H22FN/c1-13(2)16-8-9-21-19-17(16)11-15(12-18(19)20)10-14-6-4-3-5-7-14/h3-7,11-13,16,21H,8-10H2,1-2H3. The van der Waals surface area contributed by atoms with Crippen LogP contribution in [0, 0.1) is 11.7 Å². The van der Waals surface area contributed by atoms with Crippen molar-refractivity contribution in [3.8, 4) is 0 Å². The van der Waals surface area contributed by atoms with Gasteiger partial charge >= 0.3 is 0 Å². The van der Waals surface area contributed by atoms with E-state index in [9.17, 15) is 4.39 Å². The Morgan fingerprint density at radius 2 is 1.90 bits per heavy atom. The molecule has 0 saturated carbocycles. The third-order valence-corrected chi connectivity index (χ3v) is 4.39. The monoisotopic (exact) mass is 283 g/mol. The van der Waals surface area contributed by atoms with Crippen molar-refractivity contribution < 1.29 is 4.39 Å². The van der Waals surface area contributed by atoms with Gasteiger partial charge in [0.1, 0.15) is 5.82 Å². The molecule has 1 atom stereocenters. The molecule has 1 heterocycles. The summed E-state index contributed by atoms with van der Waals surface area (Å²) < 4.78 is 14.4. The fourth-order valence-corrected chi connectivity index (χ4v) is 3.30. The summed E-state index contributed by atoms with van der Waals surface area (Å²) >= 11 is 0. The van der Waals surface area contributed by atoms with Gasteiger partial charge in [0.05, 0.1) is 5.69 Å². The molecule has 0 aliphatic carbocycles. The van der Waals surface area contributed by atoms with Crippen molar-refractivity contribution in [3.63, 3.8) is 0 Å². The van der Waals surface area contributed by atoms with Gasteiger partial charge in [0.2, 0.25) is 0 Å². The second-order valence-electron chi connectivity index (χ2n) is 6.27. The molecule has 0 radical (unpaired) electrons. The maximum atomic E-state index is 14.4. The van der Waals surface area contributed by atoms with Gasteiger partial charge in [0.15, 0.2) is 0 Å². The smallest absolute Gasteiger partial charge is 0.146 e. The van der Waals surface area contributed by atoms with Crippen molar-refractivity contribution in [1.29, 1.82) is 0 Å². The molecule has 0 aromatic heterocycles. The van der Waals surface area contributed by atoms with Crippen LogP contribution in [-0.4, -0.2) is 6.54 Å².